The molecule has 0 N–H and O–H groups in total. The van der Waals surface area contributed by atoms with Crippen LogP contribution in [0.3, 0.4) is 0 Å². The van der Waals surface area contributed by atoms with E-state index < -0.39 is 0 Å². The van der Waals surface area contributed by atoms with Gasteiger partial charge in [0.25, 0.3) is 0 Å². The molecular weight excluding hydrogens is 615 g/mol. The molecule has 0 amide bonds. The van der Waals surface area contributed by atoms with Crippen LogP contribution in [0.25, 0.3) is 44.2 Å². The summed E-state index contributed by atoms with van der Waals surface area (Å²) in [6.45, 7) is 4.75. The van der Waals surface area contributed by atoms with Crippen molar-refractivity contribution in [2.75, 3.05) is 4.90 Å². The third kappa shape index (κ3) is 4.97. The molecule has 1 nitrogen and oxygen atoms in total. The van der Waals surface area contributed by atoms with Gasteiger partial charge in [-0.25, -0.2) is 0 Å². The van der Waals surface area contributed by atoms with Gasteiger partial charge in [0, 0.05) is 22.5 Å². The van der Waals surface area contributed by atoms with E-state index in [1.165, 1.54) is 104 Å². The van der Waals surface area contributed by atoms with Crippen LogP contribution in [-0.4, -0.2) is 0 Å². The molecule has 2 saturated carbocycles. The molecule has 0 heterocycles. The molecule has 2 fully saturated rings. The van der Waals surface area contributed by atoms with Gasteiger partial charge < -0.3 is 4.90 Å². The van der Waals surface area contributed by atoms with Crippen molar-refractivity contribution in [2.24, 2.45) is 11.8 Å². The van der Waals surface area contributed by atoms with Gasteiger partial charge in [-0.3, -0.25) is 0 Å². The summed E-state index contributed by atoms with van der Waals surface area (Å²) < 4.78 is 0. The Hall–Kier alpha value is -5.40. The molecule has 3 unspecified atom stereocenters. The van der Waals surface area contributed by atoms with Crippen LogP contribution in [0.15, 0.2) is 158 Å². The minimum absolute atomic E-state index is 0.0715. The molecule has 7 aromatic carbocycles. The van der Waals surface area contributed by atoms with Crippen LogP contribution in [-0.2, 0) is 5.41 Å². The van der Waals surface area contributed by atoms with Crippen molar-refractivity contribution in [1.29, 1.82) is 0 Å². The Kier molecular flexibility index (Phi) is 7.07. The number of rotatable bonds is 6. The lowest BCUT2D eigenvalue weighted by molar-refractivity contribution is 0.420. The van der Waals surface area contributed by atoms with E-state index in [1.54, 1.807) is 0 Å². The Morgan fingerprint density at radius 1 is 0.490 bits per heavy atom. The van der Waals surface area contributed by atoms with E-state index in [2.05, 4.69) is 176 Å². The van der Waals surface area contributed by atoms with Crippen molar-refractivity contribution >= 4 is 27.8 Å². The van der Waals surface area contributed by atoms with E-state index >= 15 is 0 Å². The molecule has 2 bridgehead atoms. The number of anilines is 3. The summed E-state index contributed by atoms with van der Waals surface area (Å²) in [6.07, 6.45) is 5.64. The van der Waals surface area contributed by atoms with E-state index in [1.807, 2.05) is 0 Å². The van der Waals surface area contributed by atoms with E-state index in [9.17, 15) is 0 Å². The van der Waals surface area contributed by atoms with Gasteiger partial charge in [0.05, 0.1) is 0 Å². The maximum atomic E-state index is 2.48. The van der Waals surface area contributed by atoms with Crippen molar-refractivity contribution in [3.63, 3.8) is 0 Å². The standard InChI is InChI=1S/C50H43N/c1-50(2)47-20-7-6-17-44(47)45-28-27-41(32-48(45)50)51(39-25-23-35(24-26-39)46-30-33-21-22-38(46)29-33)40-16-8-15-37(31-40)43-19-10-14-36-13-9-18-42(49(36)43)34-11-4-3-5-12-34/h3-20,23-28,31-33,38,46H,21-22,29-30H2,1-2H3. The van der Waals surface area contributed by atoms with Crippen LogP contribution in [0.4, 0.5) is 17.1 Å². The summed E-state index contributed by atoms with van der Waals surface area (Å²) in [4.78, 5) is 2.48. The van der Waals surface area contributed by atoms with Gasteiger partial charge in [0.15, 0.2) is 0 Å². The van der Waals surface area contributed by atoms with Crippen LogP contribution in [0, 0.1) is 11.8 Å². The first kappa shape index (κ1) is 30.4. The molecule has 51 heavy (non-hydrogen) atoms. The van der Waals surface area contributed by atoms with Crippen LogP contribution in [0.1, 0.15) is 62.1 Å². The minimum Gasteiger partial charge on any atom is -0.310 e. The Bertz CT molecular complexity index is 2410. The highest BCUT2D eigenvalue weighted by molar-refractivity contribution is 6.06. The Morgan fingerprint density at radius 2 is 1.14 bits per heavy atom. The number of hydrogen-bond donors (Lipinski definition) is 0. The molecule has 3 aliphatic rings. The SMILES string of the molecule is CC1(C)c2ccccc2-c2ccc(N(c3ccc(C4CC5CCC4C5)cc3)c3cccc(-c4cccc5cccc(-c6ccccc6)c45)c3)cc21. The second kappa shape index (κ2) is 11.8. The Labute approximate surface area is 302 Å². The first-order chi connectivity index (χ1) is 25.0. The van der Waals surface area contributed by atoms with Gasteiger partial charge in [-0.05, 0) is 134 Å². The van der Waals surface area contributed by atoms with Crippen LogP contribution in [0.2, 0.25) is 0 Å². The summed E-state index contributed by atoms with van der Waals surface area (Å²) >= 11 is 0. The van der Waals surface area contributed by atoms with Gasteiger partial charge in [0.1, 0.15) is 0 Å². The van der Waals surface area contributed by atoms with Crippen molar-refractivity contribution in [2.45, 2.75) is 50.9 Å². The monoisotopic (exact) mass is 657 g/mol. The fourth-order valence-electron chi connectivity index (χ4n) is 10.1. The van der Waals surface area contributed by atoms with E-state index in [4.69, 9.17) is 0 Å². The quantitative estimate of drug-likeness (QED) is 0.172. The molecule has 1 heteroatoms. The summed E-state index contributed by atoms with van der Waals surface area (Å²) in [5, 5.41) is 2.55. The highest BCUT2D eigenvalue weighted by Crippen LogP contribution is 2.54. The summed E-state index contributed by atoms with van der Waals surface area (Å²) in [6, 6.07) is 59.1. The molecular formula is C50H43N. The average Bonchev–Trinajstić information content (AvgIpc) is 3.88. The predicted molar refractivity (Wildman–Crippen MR) is 215 cm³/mol. The molecule has 248 valence electrons. The van der Waals surface area contributed by atoms with Gasteiger partial charge in [0.2, 0.25) is 0 Å². The summed E-state index contributed by atoms with van der Waals surface area (Å²) in [7, 11) is 0. The van der Waals surface area contributed by atoms with E-state index in [0.29, 0.717) is 0 Å². The van der Waals surface area contributed by atoms with Crippen molar-refractivity contribution in [1.82, 2.24) is 0 Å². The van der Waals surface area contributed by atoms with Crippen molar-refractivity contribution in [3.8, 4) is 33.4 Å². The number of nitrogens with zero attached hydrogens (tertiary/aromatic N) is 1. The highest BCUT2D eigenvalue weighted by atomic mass is 15.1. The summed E-state index contributed by atoms with van der Waals surface area (Å²) in [5.41, 5.74) is 15.5. The molecule has 0 saturated heterocycles. The van der Waals surface area contributed by atoms with Gasteiger partial charge in [-0.15, -0.1) is 0 Å². The van der Waals surface area contributed by atoms with Gasteiger partial charge >= 0.3 is 0 Å². The molecule has 7 aromatic rings. The molecule has 0 aliphatic heterocycles. The Balaban J connectivity index is 1.12. The fourth-order valence-corrected chi connectivity index (χ4v) is 10.1. The fraction of sp³-hybridized carbons (Fsp3) is 0.200. The third-order valence-corrected chi connectivity index (χ3v) is 12.5. The van der Waals surface area contributed by atoms with Gasteiger partial charge in [-0.1, -0.05) is 142 Å². The minimum atomic E-state index is -0.0715. The first-order valence-corrected chi connectivity index (χ1v) is 18.8. The molecule has 0 radical (unpaired) electrons. The zero-order chi connectivity index (χ0) is 34.1. The maximum Gasteiger partial charge on any atom is 0.0467 e. The van der Waals surface area contributed by atoms with Crippen LogP contribution in [0.5, 0.6) is 0 Å². The molecule has 0 aromatic heterocycles. The van der Waals surface area contributed by atoms with Crippen LogP contribution >= 0.6 is 0 Å². The van der Waals surface area contributed by atoms with Crippen LogP contribution < -0.4 is 4.90 Å². The smallest absolute Gasteiger partial charge is 0.0467 e. The topological polar surface area (TPSA) is 3.24 Å². The number of fused-ring (bicyclic) bond motifs is 6. The normalized spacial score (nSPS) is 19.6. The van der Waals surface area contributed by atoms with Gasteiger partial charge in [-0.2, -0.15) is 0 Å². The predicted octanol–water partition coefficient (Wildman–Crippen LogP) is 13.9. The zero-order valence-electron chi connectivity index (χ0n) is 29.5. The molecule has 3 atom stereocenters. The average molecular weight is 658 g/mol. The lowest BCUT2D eigenvalue weighted by Gasteiger charge is -2.29. The first-order valence-electron chi connectivity index (χ1n) is 18.8. The largest absolute Gasteiger partial charge is 0.310 e. The summed E-state index contributed by atoms with van der Waals surface area (Å²) in [5.74, 6) is 2.53. The maximum absolute atomic E-state index is 2.48. The van der Waals surface area contributed by atoms with E-state index in [-0.39, 0.29) is 5.41 Å². The lowest BCUT2D eigenvalue weighted by atomic mass is 9.82. The Morgan fingerprint density at radius 3 is 1.90 bits per heavy atom. The molecule has 0 spiro atoms. The number of benzene rings is 7. The second-order valence-electron chi connectivity index (χ2n) is 15.7. The van der Waals surface area contributed by atoms with E-state index in [0.717, 1.165) is 17.8 Å². The molecule has 3 aliphatic carbocycles. The highest BCUT2D eigenvalue weighted by Gasteiger charge is 2.40. The lowest BCUT2D eigenvalue weighted by Crippen LogP contribution is -2.16. The molecule has 10 rings (SSSR count). The van der Waals surface area contributed by atoms with Crippen molar-refractivity contribution in [3.05, 3.63) is 174 Å². The zero-order valence-corrected chi connectivity index (χ0v) is 29.5. The number of hydrogen-bond acceptors (Lipinski definition) is 1. The van der Waals surface area contributed by atoms with Crippen molar-refractivity contribution < 1.29 is 0 Å². The second-order valence-corrected chi connectivity index (χ2v) is 15.7. The third-order valence-electron chi connectivity index (χ3n) is 12.5.